The number of thiocarbonyl (C=S) groups is 1. The van der Waals surface area contributed by atoms with E-state index >= 15 is 0 Å². The van der Waals surface area contributed by atoms with Gasteiger partial charge in [-0.15, -0.1) is 11.3 Å². The minimum absolute atomic E-state index is 0.0132. The number of hydrogen-bond donors (Lipinski definition) is 1. The van der Waals surface area contributed by atoms with Crippen LogP contribution in [0.1, 0.15) is 28.4 Å². The molecule has 24 heavy (non-hydrogen) atoms. The van der Waals surface area contributed by atoms with Crippen molar-refractivity contribution in [2.45, 2.75) is 18.6 Å². The Morgan fingerprint density at radius 1 is 1.33 bits per heavy atom. The maximum atomic E-state index is 5.61. The van der Waals surface area contributed by atoms with Gasteiger partial charge < -0.3 is 14.6 Å². The van der Waals surface area contributed by atoms with Gasteiger partial charge in [0.15, 0.2) is 5.11 Å². The zero-order chi connectivity index (χ0) is 16.5. The Labute approximate surface area is 157 Å². The SMILES string of the molecule is S=C1NC(c2ccccn2)C(c2cc(Br)cs2)N1Cc1ccco1. The van der Waals surface area contributed by atoms with E-state index in [0.717, 1.165) is 21.0 Å². The third-order valence-electron chi connectivity index (χ3n) is 3.98. The predicted octanol–water partition coefficient (Wildman–Crippen LogP) is 4.67. The van der Waals surface area contributed by atoms with E-state index in [0.29, 0.717) is 6.54 Å². The van der Waals surface area contributed by atoms with Crippen LogP contribution >= 0.6 is 39.5 Å². The fraction of sp³-hybridized carbons (Fsp3) is 0.176. The monoisotopic (exact) mass is 419 g/mol. The van der Waals surface area contributed by atoms with Crippen molar-refractivity contribution in [3.63, 3.8) is 0 Å². The fourth-order valence-corrected chi connectivity index (χ4v) is 4.84. The molecule has 7 heteroatoms. The summed E-state index contributed by atoms with van der Waals surface area (Å²) < 4.78 is 6.61. The fourth-order valence-electron chi connectivity index (χ4n) is 2.94. The highest BCUT2D eigenvalue weighted by atomic mass is 79.9. The smallest absolute Gasteiger partial charge is 0.170 e. The van der Waals surface area contributed by atoms with Crippen LogP contribution in [-0.4, -0.2) is 15.0 Å². The summed E-state index contributed by atoms with van der Waals surface area (Å²) in [6.07, 6.45) is 3.51. The maximum Gasteiger partial charge on any atom is 0.170 e. The zero-order valence-electron chi connectivity index (χ0n) is 12.6. The Bertz CT molecular complexity index is 835. The zero-order valence-corrected chi connectivity index (χ0v) is 15.8. The highest BCUT2D eigenvalue weighted by molar-refractivity contribution is 9.10. The lowest BCUT2D eigenvalue weighted by molar-refractivity contribution is 0.291. The second kappa shape index (κ2) is 6.66. The van der Waals surface area contributed by atoms with Crippen LogP contribution in [-0.2, 0) is 6.54 Å². The van der Waals surface area contributed by atoms with Crippen LogP contribution in [0.15, 0.2) is 63.1 Å². The summed E-state index contributed by atoms with van der Waals surface area (Å²) in [5.74, 6) is 0.890. The molecular formula is C17H14BrN3OS2. The van der Waals surface area contributed by atoms with Gasteiger partial charge in [-0.3, -0.25) is 4.98 Å². The number of aromatic nitrogens is 1. The Morgan fingerprint density at radius 2 is 2.25 bits per heavy atom. The van der Waals surface area contributed by atoms with Crippen molar-refractivity contribution in [2.24, 2.45) is 0 Å². The van der Waals surface area contributed by atoms with Gasteiger partial charge in [0.1, 0.15) is 5.76 Å². The van der Waals surface area contributed by atoms with Crippen molar-refractivity contribution in [1.29, 1.82) is 0 Å². The third kappa shape index (κ3) is 2.99. The van der Waals surface area contributed by atoms with Crippen LogP contribution in [0.25, 0.3) is 0 Å². The highest BCUT2D eigenvalue weighted by Gasteiger charge is 2.40. The lowest BCUT2D eigenvalue weighted by atomic mass is 10.0. The molecule has 3 aromatic heterocycles. The van der Waals surface area contributed by atoms with Gasteiger partial charge in [-0.05, 0) is 58.5 Å². The molecule has 4 heterocycles. The van der Waals surface area contributed by atoms with Crippen molar-refractivity contribution < 1.29 is 4.42 Å². The average Bonchev–Trinajstić information content (AvgIpc) is 3.31. The highest BCUT2D eigenvalue weighted by Crippen LogP contribution is 2.42. The number of thiophene rings is 1. The molecule has 0 bridgehead atoms. The minimum Gasteiger partial charge on any atom is -0.467 e. The third-order valence-corrected chi connectivity index (χ3v) is 6.10. The van der Waals surface area contributed by atoms with E-state index in [-0.39, 0.29) is 12.1 Å². The van der Waals surface area contributed by atoms with Gasteiger partial charge in [-0.25, -0.2) is 0 Å². The Morgan fingerprint density at radius 3 is 2.92 bits per heavy atom. The van der Waals surface area contributed by atoms with E-state index in [1.165, 1.54) is 4.88 Å². The number of nitrogens with one attached hydrogen (secondary N) is 1. The molecule has 2 unspecified atom stereocenters. The van der Waals surface area contributed by atoms with Gasteiger partial charge in [0.25, 0.3) is 0 Å². The van der Waals surface area contributed by atoms with E-state index in [1.807, 2.05) is 36.5 Å². The topological polar surface area (TPSA) is 41.3 Å². The normalized spacial score (nSPS) is 20.4. The van der Waals surface area contributed by atoms with Crippen molar-refractivity contribution in [2.75, 3.05) is 0 Å². The molecule has 4 rings (SSSR count). The molecule has 0 aromatic carbocycles. The largest absolute Gasteiger partial charge is 0.467 e. The average molecular weight is 420 g/mol. The van der Waals surface area contributed by atoms with Gasteiger partial charge in [-0.1, -0.05) is 6.07 Å². The van der Waals surface area contributed by atoms with E-state index in [4.69, 9.17) is 16.6 Å². The predicted molar refractivity (Wildman–Crippen MR) is 102 cm³/mol. The van der Waals surface area contributed by atoms with Crippen LogP contribution in [0.3, 0.4) is 0 Å². The van der Waals surface area contributed by atoms with Crippen molar-refractivity contribution in [1.82, 2.24) is 15.2 Å². The quantitative estimate of drug-likeness (QED) is 0.622. The van der Waals surface area contributed by atoms with E-state index in [2.05, 4.69) is 42.6 Å². The summed E-state index contributed by atoms with van der Waals surface area (Å²) in [4.78, 5) is 7.94. The second-order valence-corrected chi connectivity index (χ2v) is 7.75. The number of halogens is 1. The molecule has 1 saturated heterocycles. The van der Waals surface area contributed by atoms with Crippen molar-refractivity contribution in [3.8, 4) is 0 Å². The number of nitrogens with zero attached hydrogens (tertiary/aromatic N) is 2. The van der Waals surface area contributed by atoms with E-state index in [9.17, 15) is 0 Å². The van der Waals surface area contributed by atoms with Crippen LogP contribution in [0.2, 0.25) is 0 Å². The molecule has 0 spiro atoms. The van der Waals surface area contributed by atoms with Crippen molar-refractivity contribution >= 4 is 44.6 Å². The van der Waals surface area contributed by atoms with Crippen LogP contribution in [0.4, 0.5) is 0 Å². The molecule has 0 aliphatic carbocycles. The lowest BCUT2D eigenvalue weighted by Gasteiger charge is -2.26. The summed E-state index contributed by atoms with van der Waals surface area (Å²) in [5.41, 5.74) is 0.983. The summed E-state index contributed by atoms with van der Waals surface area (Å²) in [6.45, 7) is 0.627. The van der Waals surface area contributed by atoms with Gasteiger partial charge in [0, 0.05) is 20.9 Å². The molecule has 0 saturated carbocycles. The van der Waals surface area contributed by atoms with Gasteiger partial charge in [0.05, 0.1) is 30.6 Å². The molecule has 4 nitrogen and oxygen atoms in total. The van der Waals surface area contributed by atoms with Crippen molar-refractivity contribution in [3.05, 3.63) is 75.0 Å². The van der Waals surface area contributed by atoms with Gasteiger partial charge >= 0.3 is 0 Å². The Hall–Kier alpha value is -1.70. The first-order valence-electron chi connectivity index (χ1n) is 7.47. The number of pyridine rings is 1. The Kier molecular flexibility index (Phi) is 4.39. The summed E-state index contributed by atoms with van der Waals surface area (Å²) in [6, 6.07) is 12.1. The second-order valence-electron chi connectivity index (χ2n) is 5.50. The van der Waals surface area contributed by atoms with Crippen LogP contribution < -0.4 is 5.32 Å². The minimum atomic E-state index is 0.0132. The first-order chi connectivity index (χ1) is 11.7. The first-order valence-corrected chi connectivity index (χ1v) is 9.55. The lowest BCUT2D eigenvalue weighted by Crippen LogP contribution is -2.28. The Balaban J connectivity index is 1.73. The van der Waals surface area contributed by atoms with E-state index < -0.39 is 0 Å². The molecule has 2 atom stereocenters. The first kappa shape index (κ1) is 15.8. The summed E-state index contributed by atoms with van der Waals surface area (Å²) >= 11 is 10.9. The number of hydrogen-bond acceptors (Lipinski definition) is 4. The molecule has 3 aromatic rings. The molecule has 122 valence electrons. The molecule has 0 radical (unpaired) electrons. The maximum absolute atomic E-state index is 5.61. The standard InChI is InChI=1S/C17H14BrN3OS2/c18-11-8-14(24-10-11)16-15(13-5-1-2-6-19-13)20-17(23)21(16)9-12-4-3-7-22-12/h1-8,10,15-16H,9H2,(H,20,23). The van der Waals surface area contributed by atoms with Gasteiger partial charge in [0.2, 0.25) is 0 Å². The molecule has 1 N–H and O–H groups in total. The summed E-state index contributed by atoms with van der Waals surface area (Å²) in [5, 5.41) is 6.25. The van der Waals surface area contributed by atoms with Gasteiger partial charge in [-0.2, -0.15) is 0 Å². The summed E-state index contributed by atoms with van der Waals surface area (Å²) in [7, 11) is 0. The molecular weight excluding hydrogens is 406 g/mol. The molecule has 0 amide bonds. The van der Waals surface area contributed by atoms with Crippen LogP contribution in [0, 0.1) is 0 Å². The number of furan rings is 1. The molecule has 1 fully saturated rings. The van der Waals surface area contributed by atoms with Crippen LogP contribution in [0.5, 0.6) is 0 Å². The molecule has 1 aliphatic rings. The molecule has 1 aliphatic heterocycles. The number of rotatable bonds is 4. The van der Waals surface area contributed by atoms with E-state index in [1.54, 1.807) is 17.6 Å².